The number of aromatic nitrogens is 2. The molecule has 1 unspecified atom stereocenters. The Morgan fingerprint density at radius 1 is 1.33 bits per heavy atom. The van der Waals surface area contributed by atoms with Crippen molar-refractivity contribution >= 4 is 11.0 Å². The molecule has 0 aliphatic carbocycles. The molecule has 0 amide bonds. The van der Waals surface area contributed by atoms with Crippen molar-refractivity contribution in [1.82, 2.24) is 10.1 Å². The van der Waals surface area contributed by atoms with Crippen LogP contribution in [0.4, 0.5) is 0 Å². The van der Waals surface area contributed by atoms with E-state index in [4.69, 9.17) is 14.7 Å². The molecule has 2 heterocycles. The van der Waals surface area contributed by atoms with Crippen molar-refractivity contribution in [3.05, 3.63) is 36.4 Å². The van der Waals surface area contributed by atoms with Gasteiger partial charge in [0.25, 0.3) is 5.89 Å². The first kappa shape index (κ1) is 11.0. The number of furan rings is 1. The fourth-order valence-electron chi connectivity index (χ4n) is 1.79. The van der Waals surface area contributed by atoms with Crippen LogP contribution in [0.25, 0.3) is 22.4 Å². The van der Waals surface area contributed by atoms with E-state index in [0.717, 1.165) is 16.5 Å². The molecule has 5 nitrogen and oxygen atoms in total. The van der Waals surface area contributed by atoms with Crippen molar-refractivity contribution in [2.75, 3.05) is 6.54 Å². The lowest BCUT2D eigenvalue weighted by molar-refractivity contribution is 0.417. The first-order valence-corrected chi connectivity index (χ1v) is 5.80. The van der Waals surface area contributed by atoms with Crippen molar-refractivity contribution in [1.29, 1.82) is 0 Å². The van der Waals surface area contributed by atoms with Crippen molar-refractivity contribution < 1.29 is 8.94 Å². The van der Waals surface area contributed by atoms with E-state index in [1.807, 2.05) is 31.2 Å². The number of benzene rings is 1. The molecule has 0 saturated heterocycles. The average molecular weight is 243 g/mol. The average Bonchev–Trinajstić information content (AvgIpc) is 3.03. The van der Waals surface area contributed by atoms with Crippen molar-refractivity contribution in [3.8, 4) is 11.5 Å². The lowest BCUT2D eigenvalue weighted by Crippen LogP contribution is -2.10. The summed E-state index contributed by atoms with van der Waals surface area (Å²) >= 11 is 0. The van der Waals surface area contributed by atoms with Gasteiger partial charge in [0.05, 0.1) is 5.56 Å². The van der Waals surface area contributed by atoms with Gasteiger partial charge in [-0.2, -0.15) is 4.98 Å². The summed E-state index contributed by atoms with van der Waals surface area (Å²) in [7, 11) is 0. The molecule has 0 saturated carbocycles. The maximum Gasteiger partial charge on any atom is 0.261 e. The molecule has 0 fully saturated rings. The monoisotopic (exact) mass is 243 g/mol. The second kappa shape index (κ2) is 4.27. The Hall–Kier alpha value is -2.14. The van der Waals surface area contributed by atoms with Gasteiger partial charge in [-0.1, -0.05) is 30.3 Å². The Bertz CT molecular complexity index is 671. The van der Waals surface area contributed by atoms with Gasteiger partial charge < -0.3 is 14.7 Å². The zero-order valence-electron chi connectivity index (χ0n) is 9.96. The molecule has 18 heavy (non-hydrogen) atoms. The summed E-state index contributed by atoms with van der Waals surface area (Å²) in [4.78, 5) is 4.36. The minimum Gasteiger partial charge on any atom is -0.463 e. The van der Waals surface area contributed by atoms with Crippen LogP contribution in [-0.4, -0.2) is 16.7 Å². The van der Waals surface area contributed by atoms with Crippen LogP contribution in [0.5, 0.6) is 0 Å². The normalized spacial score (nSPS) is 13.0. The van der Waals surface area contributed by atoms with Crippen LogP contribution in [0.2, 0.25) is 0 Å². The Kier molecular flexibility index (Phi) is 2.60. The number of nitrogens with zero attached hydrogens (tertiary/aromatic N) is 2. The quantitative estimate of drug-likeness (QED) is 0.764. The molecule has 0 aliphatic heterocycles. The first-order chi connectivity index (χ1) is 8.79. The number of hydrogen-bond acceptors (Lipinski definition) is 5. The summed E-state index contributed by atoms with van der Waals surface area (Å²) < 4.78 is 10.7. The number of fused-ring (bicyclic) bond motifs is 1. The SMILES string of the molecule is CC(CN)c1noc(-c2coc3ccccc23)n1. The zero-order chi connectivity index (χ0) is 12.5. The minimum absolute atomic E-state index is 0.0839. The van der Waals surface area contributed by atoms with E-state index >= 15 is 0 Å². The van der Waals surface area contributed by atoms with Crippen LogP contribution in [0, 0.1) is 0 Å². The van der Waals surface area contributed by atoms with Gasteiger partial charge in [0.15, 0.2) is 5.82 Å². The maximum atomic E-state index is 5.58. The number of hydrogen-bond donors (Lipinski definition) is 1. The molecule has 5 heteroatoms. The summed E-state index contributed by atoms with van der Waals surface area (Å²) in [6, 6.07) is 7.73. The van der Waals surface area contributed by atoms with E-state index in [0.29, 0.717) is 18.3 Å². The minimum atomic E-state index is 0.0839. The van der Waals surface area contributed by atoms with Gasteiger partial charge in [-0.15, -0.1) is 0 Å². The third kappa shape index (κ3) is 1.69. The van der Waals surface area contributed by atoms with Crippen LogP contribution >= 0.6 is 0 Å². The molecule has 2 aromatic heterocycles. The molecule has 0 aliphatic rings. The van der Waals surface area contributed by atoms with Crippen molar-refractivity contribution in [2.24, 2.45) is 5.73 Å². The van der Waals surface area contributed by atoms with Crippen molar-refractivity contribution in [2.45, 2.75) is 12.8 Å². The Labute approximate surface area is 104 Å². The summed E-state index contributed by atoms with van der Waals surface area (Å²) in [6.07, 6.45) is 1.63. The molecular weight excluding hydrogens is 230 g/mol. The Balaban J connectivity index is 2.07. The van der Waals surface area contributed by atoms with Gasteiger partial charge in [-0.25, -0.2) is 0 Å². The van der Waals surface area contributed by atoms with Crippen LogP contribution < -0.4 is 5.73 Å². The second-order valence-electron chi connectivity index (χ2n) is 4.24. The lowest BCUT2D eigenvalue weighted by atomic mass is 10.1. The van der Waals surface area contributed by atoms with E-state index in [9.17, 15) is 0 Å². The van der Waals surface area contributed by atoms with Gasteiger partial charge in [-0.05, 0) is 6.07 Å². The molecule has 1 atom stereocenters. The summed E-state index contributed by atoms with van der Waals surface area (Å²) in [5, 5.41) is 4.91. The highest BCUT2D eigenvalue weighted by atomic mass is 16.5. The fraction of sp³-hybridized carbons (Fsp3) is 0.231. The molecule has 0 spiro atoms. The summed E-state index contributed by atoms with van der Waals surface area (Å²) in [5.74, 6) is 1.17. The van der Waals surface area contributed by atoms with Gasteiger partial charge >= 0.3 is 0 Å². The largest absolute Gasteiger partial charge is 0.463 e. The molecule has 3 rings (SSSR count). The number of nitrogens with two attached hydrogens (primary N) is 1. The lowest BCUT2D eigenvalue weighted by Gasteiger charge is -1.98. The standard InChI is InChI=1S/C13H13N3O2/c1-8(6-14)12-15-13(18-16-12)10-7-17-11-5-3-2-4-9(10)11/h2-5,7-8H,6,14H2,1H3. The van der Waals surface area contributed by atoms with Crippen LogP contribution in [0.15, 0.2) is 39.5 Å². The Morgan fingerprint density at radius 3 is 3.00 bits per heavy atom. The Morgan fingerprint density at radius 2 is 2.17 bits per heavy atom. The van der Waals surface area contributed by atoms with E-state index in [1.54, 1.807) is 6.26 Å². The predicted molar refractivity (Wildman–Crippen MR) is 67.0 cm³/mol. The van der Waals surface area contributed by atoms with Gasteiger partial charge in [0, 0.05) is 17.8 Å². The highest BCUT2D eigenvalue weighted by Gasteiger charge is 2.17. The molecule has 0 radical (unpaired) electrons. The number of rotatable bonds is 3. The molecule has 3 aromatic rings. The third-order valence-electron chi connectivity index (χ3n) is 2.95. The van der Waals surface area contributed by atoms with E-state index in [2.05, 4.69) is 10.1 Å². The van der Waals surface area contributed by atoms with Gasteiger partial charge in [0.2, 0.25) is 0 Å². The molecular formula is C13H13N3O2. The van der Waals surface area contributed by atoms with Crippen LogP contribution in [0.3, 0.4) is 0 Å². The van der Waals surface area contributed by atoms with Gasteiger partial charge in [0.1, 0.15) is 11.8 Å². The predicted octanol–water partition coefficient (Wildman–Crippen LogP) is 2.55. The molecule has 1 aromatic carbocycles. The topological polar surface area (TPSA) is 78.1 Å². The number of para-hydroxylation sites is 1. The molecule has 2 N–H and O–H groups in total. The highest BCUT2D eigenvalue weighted by molar-refractivity contribution is 5.91. The van der Waals surface area contributed by atoms with Crippen LogP contribution in [-0.2, 0) is 0 Å². The van der Waals surface area contributed by atoms with E-state index in [1.165, 1.54) is 0 Å². The first-order valence-electron chi connectivity index (χ1n) is 5.80. The fourth-order valence-corrected chi connectivity index (χ4v) is 1.79. The van der Waals surface area contributed by atoms with Gasteiger partial charge in [-0.3, -0.25) is 0 Å². The highest BCUT2D eigenvalue weighted by Crippen LogP contribution is 2.29. The second-order valence-corrected chi connectivity index (χ2v) is 4.24. The summed E-state index contributed by atoms with van der Waals surface area (Å²) in [5.41, 5.74) is 7.20. The zero-order valence-corrected chi connectivity index (χ0v) is 9.96. The maximum absolute atomic E-state index is 5.58. The summed E-state index contributed by atoms with van der Waals surface area (Å²) in [6.45, 7) is 2.45. The van der Waals surface area contributed by atoms with E-state index < -0.39 is 0 Å². The van der Waals surface area contributed by atoms with Crippen LogP contribution in [0.1, 0.15) is 18.7 Å². The van der Waals surface area contributed by atoms with E-state index in [-0.39, 0.29) is 5.92 Å². The van der Waals surface area contributed by atoms with Crippen molar-refractivity contribution in [3.63, 3.8) is 0 Å². The third-order valence-corrected chi connectivity index (χ3v) is 2.95. The molecule has 92 valence electrons. The smallest absolute Gasteiger partial charge is 0.261 e. The molecule has 0 bridgehead atoms.